The van der Waals surface area contributed by atoms with Crippen LogP contribution in [0.15, 0.2) is 83.3 Å². The fraction of sp³-hybridized carbons (Fsp3) is 0.214. The van der Waals surface area contributed by atoms with Crippen LogP contribution >= 0.6 is 0 Å². The zero-order valence-corrected chi connectivity index (χ0v) is 18.8. The van der Waals surface area contributed by atoms with Crippen molar-refractivity contribution in [1.29, 1.82) is 0 Å². The fourth-order valence-corrected chi connectivity index (χ4v) is 4.66. The molecule has 1 aliphatic heterocycles. The molecule has 1 fully saturated rings. The Balaban J connectivity index is 1.50. The van der Waals surface area contributed by atoms with E-state index in [2.05, 4.69) is 88.4 Å². The van der Waals surface area contributed by atoms with Gasteiger partial charge in [0.1, 0.15) is 11.2 Å². The highest BCUT2D eigenvalue weighted by Gasteiger charge is 2.52. The van der Waals surface area contributed by atoms with Crippen LogP contribution < -0.4 is 5.46 Å². The van der Waals surface area contributed by atoms with Crippen molar-refractivity contribution in [2.24, 2.45) is 0 Å². The van der Waals surface area contributed by atoms with Crippen molar-refractivity contribution in [2.75, 3.05) is 0 Å². The zero-order valence-electron chi connectivity index (χ0n) is 18.8. The second-order valence-electron chi connectivity index (χ2n) is 9.65. The summed E-state index contributed by atoms with van der Waals surface area (Å²) in [6, 6.07) is 27.5. The van der Waals surface area contributed by atoms with E-state index >= 15 is 0 Å². The van der Waals surface area contributed by atoms with Crippen LogP contribution in [0.1, 0.15) is 27.7 Å². The van der Waals surface area contributed by atoms with E-state index in [0.29, 0.717) is 0 Å². The third-order valence-electron chi connectivity index (χ3n) is 7.15. The first-order chi connectivity index (χ1) is 15.3. The first-order valence-electron chi connectivity index (χ1n) is 11.1. The molecule has 0 saturated carbocycles. The van der Waals surface area contributed by atoms with Gasteiger partial charge in [-0.15, -0.1) is 0 Å². The molecule has 2 heterocycles. The monoisotopic (exact) mass is 420 g/mol. The van der Waals surface area contributed by atoms with Crippen LogP contribution in [0.4, 0.5) is 0 Å². The van der Waals surface area contributed by atoms with Gasteiger partial charge in [-0.05, 0) is 73.3 Å². The summed E-state index contributed by atoms with van der Waals surface area (Å²) in [7, 11) is -0.392. The average molecular weight is 420 g/mol. The van der Waals surface area contributed by atoms with Crippen LogP contribution in [0, 0.1) is 0 Å². The van der Waals surface area contributed by atoms with Crippen molar-refractivity contribution >= 4 is 45.3 Å². The van der Waals surface area contributed by atoms with E-state index in [9.17, 15) is 0 Å². The normalized spacial score (nSPS) is 17.6. The van der Waals surface area contributed by atoms with Crippen LogP contribution in [-0.2, 0) is 9.31 Å². The van der Waals surface area contributed by atoms with E-state index in [0.717, 1.165) is 38.4 Å². The topological polar surface area (TPSA) is 31.6 Å². The van der Waals surface area contributed by atoms with Gasteiger partial charge in [0.05, 0.1) is 11.2 Å². The highest BCUT2D eigenvalue weighted by atomic mass is 16.7. The molecule has 3 nitrogen and oxygen atoms in total. The van der Waals surface area contributed by atoms with Gasteiger partial charge in [0.2, 0.25) is 0 Å². The Morgan fingerprint density at radius 1 is 0.594 bits per heavy atom. The van der Waals surface area contributed by atoms with Gasteiger partial charge in [-0.3, -0.25) is 0 Å². The second-order valence-corrected chi connectivity index (χ2v) is 9.65. The van der Waals surface area contributed by atoms with Gasteiger partial charge >= 0.3 is 7.12 Å². The second kappa shape index (κ2) is 6.71. The summed E-state index contributed by atoms with van der Waals surface area (Å²) >= 11 is 0. The summed E-state index contributed by atoms with van der Waals surface area (Å²) in [5, 5.41) is 4.61. The molecule has 4 aromatic carbocycles. The number of furan rings is 1. The van der Waals surface area contributed by atoms with Crippen molar-refractivity contribution < 1.29 is 13.7 Å². The smallest absolute Gasteiger partial charge is 0.456 e. The van der Waals surface area contributed by atoms with E-state index in [1.807, 2.05) is 18.2 Å². The van der Waals surface area contributed by atoms with Crippen molar-refractivity contribution in [1.82, 2.24) is 0 Å². The van der Waals surface area contributed by atoms with Crippen molar-refractivity contribution in [3.05, 3.63) is 78.9 Å². The van der Waals surface area contributed by atoms with Crippen molar-refractivity contribution in [3.8, 4) is 11.1 Å². The molecule has 6 rings (SSSR count). The zero-order chi connectivity index (χ0) is 22.1. The Morgan fingerprint density at radius 2 is 1.25 bits per heavy atom. The lowest BCUT2D eigenvalue weighted by atomic mass is 9.75. The minimum Gasteiger partial charge on any atom is -0.456 e. The Morgan fingerprint density at radius 3 is 2.06 bits per heavy atom. The van der Waals surface area contributed by atoms with Crippen LogP contribution in [-0.4, -0.2) is 18.3 Å². The minimum absolute atomic E-state index is 0.371. The van der Waals surface area contributed by atoms with Gasteiger partial charge in [-0.1, -0.05) is 60.7 Å². The molecule has 0 atom stereocenters. The molecule has 158 valence electrons. The summed E-state index contributed by atoms with van der Waals surface area (Å²) in [6.07, 6.45) is 0. The molecule has 32 heavy (non-hydrogen) atoms. The Kier molecular flexibility index (Phi) is 4.11. The van der Waals surface area contributed by atoms with Gasteiger partial charge in [-0.25, -0.2) is 0 Å². The standard InChI is InChI=1S/C28H25BO3/c1-27(2)28(3,4)32-29(31-27)24-13-8-11-20-19(10-7-12-21(20)24)18-15-16-23-22-9-5-6-14-25(22)30-26(23)17-18/h5-17H,1-4H3. The van der Waals surface area contributed by atoms with E-state index in [1.54, 1.807) is 0 Å². The maximum absolute atomic E-state index is 6.36. The first kappa shape index (κ1) is 19.6. The molecular weight excluding hydrogens is 395 g/mol. The van der Waals surface area contributed by atoms with Gasteiger partial charge in [0, 0.05) is 10.8 Å². The van der Waals surface area contributed by atoms with E-state index < -0.39 is 7.12 Å². The van der Waals surface area contributed by atoms with Crippen LogP contribution in [0.3, 0.4) is 0 Å². The molecule has 0 spiro atoms. The van der Waals surface area contributed by atoms with Crippen molar-refractivity contribution in [3.63, 3.8) is 0 Å². The van der Waals surface area contributed by atoms with Gasteiger partial charge in [-0.2, -0.15) is 0 Å². The third kappa shape index (κ3) is 2.83. The summed E-state index contributed by atoms with van der Waals surface area (Å²) in [5.74, 6) is 0. The largest absolute Gasteiger partial charge is 0.495 e. The maximum atomic E-state index is 6.36. The first-order valence-corrected chi connectivity index (χ1v) is 11.1. The highest BCUT2D eigenvalue weighted by Crippen LogP contribution is 2.38. The fourth-order valence-electron chi connectivity index (χ4n) is 4.66. The molecule has 0 aliphatic carbocycles. The van der Waals surface area contributed by atoms with Gasteiger partial charge in [0.25, 0.3) is 0 Å². The summed E-state index contributed by atoms with van der Waals surface area (Å²) in [5.41, 5.74) is 4.45. The molecular formula is C28H25BO3. The van der Waals surface area contributed by atoms with E-state index in [1.165, 1.54) is 10.9 Å². The van der Waals surface area contributed by atoms with Crippen LogP contribution in [0.25, 0.3) is 43.8 Å². The molecule has 4 heteroatoms. The number of hydrogen-bond acceptors (Lipinski definition) is 3. The number of para-hydroxylation sites is 1. The summed E-state index contributed by atoms with van der Waals surface area (Å²) < 4.78 is 18.9. The predicted octanol–water partition coefficient (Wildman–Crippen LogP) is 6.71. The summed E-state index contributed by atoms with van der Waals surface area (Å²) in [4.78, 5) is 0. The third-order valence-corrected chi connectivity index (χ3v) is 7.15. The minimum atomic E-state index is -0.392. The van der Waals surface area contributed by atoms with Gasteiger partial charge in [0.15, 0.2) is 0 Å². The molecule has 1 aliphatic rings. The quantitative estimate of drug-likeness (QED) is 0.298. The Hall–Kier alpha value is -3.08. The van der Waals surface area contributed by atoms with E-state index in [-0.39, 0.29) is 11.2 Å². The molecule has 0 unspecified atom stereocenters. The number of hydrogen-bond donors (Lipinski definition) is 0. The number of rotatable bonds is 2. The van der Waals surface area contributed by atoms with Crippen LogP contribution in [0.5, 0.6) is 0 Å². The van der Waals surface area contributed by atoms with Crippen molar-refractivity contribution in [2.45, 2.75) is 38.9 Å². The lowest BCUT2D eigenvalue weighted by Gasteiger charge is -2.32. The molecule has 0 amide bonds. The molecule has 0 N–H and O–H groups in total. The SMILES string of the molecule is CC1(C)OB(c2cccc3c(-c4ccc5c(c4)oc4ccccc45)cccc23)OC1(C)C. The van der Waals surface area contributed by atoms with E-state index in [4.69, 9.17) is 13.7 Å². The molecule has 0 bridgehead atoms. The molecule has 5 aromatic rings. The number of fused-ring (bicyclic) bond motifs is 4. The molecule has 0 radical (unpaired) electrons. The number of benzene rings is 4. The predicted molar refractivity (Wildman–Crippen MR) is 132 cm³/mol. The lowest BCUT2D eigenvalue weighted by Crippen LogP contribution is -2.41. The summed E-state index contributed by atoms with van der Waals surface area (Å²) in [6.45, 7) is 8.36. The lowest BCUT2D eigenvalue weighted by molar-refractivity contribution is 0.00578. The molecule has 1 saturated heterocycles. The van der Waals surface area contributed by atoms with Crippen LogP contribution in [0.2, 0.25) is 0 Å². The Labute approximate surface area is 188 Å². The highest BCUT2D eigenvalue weighted by molar-refractivity contribution is 6.65. The Bertz CT molecular complexity index is 1480. The average Bonchev–Trinajstić information content (AvgIpc) is 3.25. The molecule has 1 aromatic heterocycles. The van der Waals surface area contributed by atoms with Gasteiger partial charge < -0.3 is 13.7 Å². The maximum Gasteiger partial charge on any atom is 0.495 e.